The van der Waals surface area contributed by atoms with Crippen LogP contribution in [-0.4, -0.2) is 12.1 Å². The van der Waals surface area contributed by atoms with Crippen LogP contribution in [0.2, 0.25) is 0 Å². The lowest BCUT2D eigenvalue weighted by molar-refractivity contribution is 0.0808. The number of benzene rings is 2. The Kier molecular flexibility index (Phi) is 3.73. The van der Waals surface area contributed by atoms with E-state index >= 15 is 0 Å². The molecule has 2 aromatic carbocycles. The summed E-state index contributed by atoms with van der Waals surface area (Å²) < 4.78 is 5.93. The van der Waals surface area contributed by atoms with Crippen LogP contribution in [-0.2, 0) is 0 Å². The molecule has 2 aromatic rings. The normalized spacial score (nSPS) is 17.7. The SMILES string of the molecule is CC/C(=C/c1ccccc1)[C@H]1NC(=O)c2ccccc2O1. The van der Waals surface area contributed by atoms with Crippen LogP contribution in [0.5, 0.6) is 5.75 Å². The predicted molar refractivity (Wildman–Crippen MR) is 83.0 cm³/mol. The topological polar surface area (TPSA) is 38.3 Å². The van der Waals surface area contributed by atoms with E-state index in [2.05, 4.69) is 18.3 Å². The second kappa shape index (κ2) is 5.83. The van der Waals surface area contributed by atoms with E-state index in [1.165, 1.54) is 0 Å². The van der Waals surface area contributed by atoms with Gasteiger partial charge in [0.15, 0.2) is 6.23 Å². The zero-order chi connectivity index (χ0) is 14.7. The highest BCUT2D eigenvalue weighted by molar-refractivity contribution is 5.98. The molecule has 0 bridgehead atoms. The van der Waals surface area contributed by atoms with E-state index < -0.39 is 6.23 Å². The first-order valence-corrected chi connectivity index (χ1v) is 7.10. The molecule has 0 aliphatic carbocycles. The van der Waals surface area contributed by atoms with Gasteiger partial charge in [-0.2, -0.15) is 0 Å². The van der Waals surface area contributed by atoms with Gasteiger partial charge in [-0.15, -0.1) is 0 Å². The predicted octanol–water partition coefficient (Wildman–Crippen LogP) is 3.63. The van der Waals surface area contributed by atoms with Crippen molar-refractivity contribution in [2.45, 2.75) is 19.6 Å². The summed E-state index contributed by atoms with van der Waals surface area (Å²) in [6, 6.07) is 17.4. The molecule has 1 amide bonds. The fourth-order valence-electron chi connectivity index (χ4n) is 2.41. The van der Waals surface area contributed by atoms with Crippen molar-refractivity contribution < 1.29 is 9.53 Å². The zero-order valence-corrected chi connectivity index (χ0v) is 11.9. The minimum absolute atomic E-state index is 0.0886. The van der Waals surface area contributed by atoms with Gasteiger partial charge in [0.2, 0.25) is 0 Å². The number of para-hydroxylation sites is 1. The molecule has 106 valence electrons. The molecule has 0 unspecified atom stereocenters. The second-order valence-corrected chi connectivity index (χ2v) is 4.95. The van der Waals surface area contributed by atoms with Gasteiger partial charge in [0.25, 0.3) is 5.91 Å². The maximum Gasteiger partial charge on any atom is 0.258 e. The molecule has 3 rings (SSSR count). The average Bonchev–Trinajstić information content (AvgIpc) is 2.53. The molecule has 0 aromatic heterocycles. The lowest BCUT2D eigenvalue weighted by Crippen LogP contribution is -2.44. The Morgan fingerprint density at radius 3 is 2.62 bits per heavy atom. The van der Waals surface area contributed by atoms with E-state index in [4.69, 9.17) is 4.74 Å². The molecule has 1 N–H and O–H groups in total. The van der Waals surface area contributed by atoms with Crippen LogP contribution in [0.25, 0.3) is 6.08 Å². The average molecular weight is 279 g/mol. The maximum atomic E-state index is 12.2. The van der Waals surface area contributed by atoms with Gasteiger partial charge in [-0.05, 0) is 29.7 Å². The number of rotatable bonds is 3. The molecule has 1 heterocycles. The third-order valence-corrected chi connectivity index (χ3v) is 3.54. The highest BCUT2D eigenvalue weighted by Gasteiger charge is 2.26. The van der Waals surface area contributed by atoms with Crippen LogP contribution < -0.4 is 10.1 Å². The third kappa shape index (κ3) is 2.82. The van der Waals surface area contributed by atoms with Crippen molar-refractivity contribution in [3.8, 4) is 5.75 Å². The summed E-state index contributed by atoms with van der Waals surface area (Å²) in [6.07, 6.45) is 2.47. The number of nitrogens with one attached hydrogen (secondary N) is 1. The van der Waals surface area contributed by atoms with Crippen molar-refractivity contribution in [1.82, 2.24) is 5.32 Å². The summed E-state index contributed by atoms with van der Waals surface area (Å²) in [7, 11) is 0. The maximum absolute atomic E-state index is 12.2. The van der Waals surface area contributed by atoms with E-state index in [9.17, 15) is 4.79 Å². The first-order chi connectivity index (χ1) is 10.3. The molecule has 21 heavy (non-hydrogen) atoms. The van der Waals surface area contributed by atoms with Gasteiger partial charge < -0.3 is 10.1 Å². The lowest BCUT2D eigenvalue weighted by Gasteiger charge is -2.28. The Labute approximate surface area is 124 Å². The quantitative estimate of drug-likeness (QED) is 0.931. The summed E-state index contributed by atoms with van der Waals surface area (Å²) in [5, 5.41) is 2.91. The number of hydrogen-bond donors (Lipinski definition) is 1. The van der Waals surface area contributed by atoms with Crippen molar-refractivity contribution in [3.63, 3.8) is 0 Å². The van der Waals surface area contributed by atoms with Gasteiger partial charge in [0, 0.05) is 0 Å². The largest absolute Gasteiger partial charge is 0.466 e. The van der Waals surface area contributed by atoms with Gasteiger partial charge in [0.05, 0.1) is 5.56 Å². The Balaban J connectivity index is 1.90. The summed E-state index contributed by atoms with van der Waals surface area (Å²) in [5.74, 6) is 0.549. The second-order valence-electron chi connectivity index (χ2n) is 4.95. The zero-order valence-electron chi connectivity index (χ0n) is 11.9. The molecular weight excluding hydrogens is 262 g/mol. The molecule has 1 atom stereocenters. The molecule has 0 radical (unpaired) electrons. The number of hydrogen-bond acceptors (Lipinski definition) is 2. The molecule has 1 aliphatic heterocycles. The molecule has 3 nitrogen and oxygen atoms in total. The molecule has 3 heteroatoms. The van der Waals surface area contributed by atoms with E-state index in [0.717, 1.165) is 17.6 Å². The van der Waals surface area contributed by atoms with Gasteiger partial charge in [-0.3, -0.25) is 4.79 Å². The molecular formula is C18H17NO2. The molecule has 0 saturated carbocycles. The number of ether oxygens (including phenoxy) is 1. The summed E-state index contributed by atoms with van der Waals surface area (Å²) >= 11 is 0. The Hall–Kier alpha value is -2.55. The summed E-state index contributed by atoms with van der Waals surface area (Å²) in [5.41, 5.74) is 2.74. The smallest absolute Gasteiger partial charge is 0.258 e. The number of amides is 1. The van der Waals surface area contributed by atoms with Crippen LogP contribution in [0.3, 0.4) is 0 Å². The van der Waals surface area contributed by atoms with Crippen LogP contribution >= 0.6 is 0 Å². The first-order valence-electron chi connectivity index (χ1n) is 7.10. The van der Waals surface area contributed by atoms with Crippen molar-refractivity contribution in [1.29, 1.82) is 0 Å². The standard InChI is InChI=1S/C18H17NO2/c1-2-14(12-13-8-4-3-5-9-13)18-19-17(20)15-10-6-7-11-16(15)21-18/h3-12,18H,2H2,1H3,(H,19,20)/b14-12-/t18-/m0/s1. The Morgan fingerprint density at radius 2 is 1.86 bits per heavy atom. The monoisotopic (exact) mass is 279 g/mol. The first kappa shape index (κ1) is 13.4. The minimum Gasteiger partial charge on any atom is -0.466 e. The van der Waals surface area contributed by atoms with Gasteiger partial charge in [-0.25, -0.2) is 0 Å². The minimum atomic E-state index is -0.405. The van der Waals surface area contributed by atoms with Crippen LogP contribution in [0.4, 0.5) is 0 Å². The lowest BCUT2D eigenvalue weighted by atomic mass is 10.0. The number of carbonyl (C=O) groups excluding carboxylic acids is 1. The van der Waals surface area contributed by atoms with Crippen molar-refractivity contribution in [2.24, 2.45) is 0 Å². The van der Waals surface area contributed by atoms with Gasteiger partial charge in [-0.1, -0.05) is 55.5 Å². The van der Waals surface area contributed by atoms with Crippen LogP contribution in [0, 0.1) is 0 Å². The number of carbonyl (C=O) groups is 1. The summed E-state index contributed by atoms with van der Waals surface area (Å²) in [4.78, 5) is 12.2. The van der Waals surface area contributed by atoms with Crippen molar-refractivity contribution in [2.75, 3.05) is 0 Å². The fraction of sp³-hybridized carbons (Fsp3) is 0.167. The highest BCUT2D eigenvalue weighted by atomic mass is 16.5. The highest BCUT2D eigenvalue weighted by Crippen LogP contribution is 2.26. The molecule has 0 spiro atoms. The Morgan fingerprint density at radius 1 is 1.14 bits per heavy atom. The van der Waals surface area contributed by atoms with E-state index in [0.29, 0.717) is 11.3 Å². The molecule has 1 aliphatic rings. The van der Waals surface area contributed by atoms with Crippen LogP contribution in [0.15, 0.2) is 60.2 Å². The van der Waals surface area contributed by atoms with E-state index in [-0.39, 0.29) is 5.91 Å². The molecule has 0 fully saturated rings. The fourth-order valence-corrected chi connectivity index (χ4v) is 2.41. The van der Waals surface area contributed by atoms with E-state index in [1.807, 2.05) is 48.5 Å². The molecule has 0 saturated heterocycles. The van der Waals surface area contributed by atoms with Crippen LogP contribution in [0.1, 0.15) is 29.3 Å². The van der Waals surface area contributed by atoms with Crippen molar-refractivity contribution in [3.05, 3.63) is 71.3 Å². The van der Waals surface area contributed by atoms with Crippen molar-refractivity contribution >= 4 is 12.0 Å². The van der Waals surface area contributed by atoms with Gasteiger partial charge >= 0.3 is 0 Å². The Bertz CT molecular complexity index is 677. The van der Waals surface area contributed by atoms with Gasteiger partial charge in [0.1, 0.15) is 5.75 Å². The third-order valence-electron chi connectivity index (χ3n) is 3.54. The summed E-state index contributed by atoms with van der Waals surface area (Å²) in [6.45, 7) is 2.06. The van der Waals surface area contributed by atoms with E-state index in [1.54, 1.807) is 6.07 Å². The number of fused-ring (bicyclic) bond motifs is 1.